The van der Waals surface area contributed by atoms with Crippen LogP contribution in [0.1, 0.15) is 18.1 Å². The number of likely N-dealkylation sites (N-methyl/N-ethyl adjacent to an activating group) is 1. The van der Waals surface area contributed by atoms with Crippen LogP contribution in [0.15, 0.2) is 42.5 Å². The summed E-state index contributed by atoms with van der Waals surface area (Å²) in [4.78, 5) is 14.5. The topological polar surface area (TPSA) is 61.8 Å². The fourth-order valence-electron chi connectivity index (χ4n) is 2.84. The number of nitrogens with zero attached hydrogens (tertiary/aromatic N) is 1. The van der Waals surface area contributed by atoms with E-state index < -0.39 is 6.10 Å². The Morgan fingerprint density at radius 3 is 2.96 bits per heavy atom. The molecule has 0 saturated heterocycles. The molecule has 1 heterocycles. The number of carbonyl (C=O) groups excluding carboxylic acids is 1. The Kier molecular flexibility index (Phi) is 4.71. The summed E-state index contributed by atoms with van der Waals surface area (Å²) < 4.78 is 5.67. The Morgan fingerprint density at radius 2 is 2.17 bits per heavy atom. The predicted molar refractivity (Wildman–Crippen MR) is 94.5 cm³/mol. The van der Waals surface area contributed by atoms with Gasteiger partial charge in [0.15, 0.2) is 6.10 Å². The third-order valence-electron chi connectivity index (χ3n) is 4.24. The molecule has 1 unspecified atom stereocenters. The van der Waals surface area contributed by atoms with Crippen molar-refractivity contribution in [2.45, 2.75) is 26.1 Å². The number of hydrogen-bond donors (Lipinski definition) is 2. The van der Waals surface area contributed by atoms with Crippen molar-refractivity contribution in [3.63, 3.8) is 0 Å². The van der Waals surface area contributed by atoms with E-state index in [9.17, 15) is 4.79 Å². The van der Waals surface area contributed by atoms with Crippen LogP contribution in [0.2, 0.25) is 0 Å². The molecule has 1 aliphatic rings. The molecule has 2 N–H and O–H groups in total. The van der Waals surface area contributed by atoms with Crippen LogP contribution >= 0.6 is 0 Å². The van der Waals surface area contributed by atoms with Gasteiger partial charge < -0.3 is 20.1 Å². The lowest BCUT2D eigenvalue weighted by Gasteiger charge is -2.17. The SMILES string of the molecule is CC(Oc1cccc(CO)c1)C(=O)Nc1ccc2c(c1)N(C)CC2. The first-order valence-electron chi connectivity index (χ1n) is 8.08. The second-order valence-corrected chi connectivity index (χ2v) is 6.07. The van der Waals surface area contributed by atoms with Crippen molar-refractivity contribution < 1.29 is 14.6 Å². The molecule has 126 valence electrons. The van der Waals surface area contributed by atoms with E-state index >= 15 is 0 Å². The van der Waals surface area contributed by atoms with Crippen LogP contribution in [0.25, 0.3) is 0 Å². The number of rotatable bonds is 5. The minimum atomic E-state index is -0.634. The maximum atomic E-state index is 12.4. The first kappa shape index (κ1) is 16.3. The Balaban J connectivity index is 1.65. The number of nitrogens with one attached hydrogen (secondary N) is 1. The third-order valence-corrected chi connectivity index (χ3v) is 4.24. The summed E-state index contributed by atoms with van der Waals surface area (Å²) in [7, 11) is 2.05. The first-order chi connectivity index (χ1) is 11.6. The molecule has 5 nitrogen and oxygen atoms in total. The zero-order chi connectivity index (χ0) is 17.1. The van der Waals surface area contributed by atoms with Gasteiger partial charge in [-0.2, -0.15) is 0 Å². The molecule has 0 aliphatic carbocycles. The number of hydrogen-bond acceptors (Lipinski definition) is 4. The summed E-state index contributed by atoms with van der Waals surface area (Å²) >= 11 is 0. The first-order valence-corrected chi connectivity index (χ1v) is 8.08. The van der Waals surface area contributed by atoms with Gasteiger partial charge in [-0.3, -0.25) is 4.79 Å². The van der Waals surface area contributed by atoms with Gasteiger partial charge in [-0.1, -0.05) is 18.2 Å². The van der Waals surface area contributed by atoms with Crippen molar-refractivity contribution in [1.82, 2.24) is 0 Å². The van der Waals surface area contributed by atoms with Crippen LogP contribution in [0, 0.1) is 0 Å². The van der Waals surface area contributed by atoms with Gasteiger partial charge in [-0.15, -0.1) is 0 Å². The molecule has 0 fully saturated rings. The van der Waals surface area contributed by atoms with Crippen molar-refractivity contribution in [2.75, 3.05) is 23.8 Å². The lowest BCUT2D eigenvalue weighted by atomic mass is 10.1. The highest BCUT2D eigenvalue weighted by atomic mass is 16.5. The molecule has 1 atom stereocenters. The van der Waals surface area contributed by atoms with E-state index in [-0.39, 0.29) is 12.5 Å². The van der Waals surface area contributed by atoms with Gasteiger partial charge in [0.25, 0.3) is 5.91 Å². The molecular formula is C19H22N2O3. The molecule has 0 saturated carbocycles. The van der Waals surface area contributed by atoms with Gasteiger partial charge in [-0.05, 0) is 48.7 Å². The van der Waals surface area contributed by atoms with Crippen LogP contribution in [-0.2, 0) is 17.8 Å². The van der Waals surface area contributed by atoms with E-state index in [4.69, 9.17) is 9.84 Å². The summed E-state index contributed by atoms with van der Waals surface area (Å²) in [5, 5.41) is 12.1. The van der Waals surface area contributed by atoms with Crippen molar-refractivity contribution in [2.24, 2.45) is 0 Å². The predicted octanol–water partition coefficient (Wildman–Crippen LogP) is 2.58. The number of ether oxygens (including phenoxy) is 1. The second kappa shape index (κ2) is 6.93. The summed E-state index contributed by atoms with van der Waals surface area (Å²) in [5.74, 6) is 0.364. The van der Waals surface area contributed by atoms with Crippen molar-refractivity contribution in [1.29, 1.82) is 0 Å². The Labute approximate surface area is 141 Å². The average molecular weight is 326 g/mol. The average Bonchev–Trinajstić information content (AvgIpc) is 2.96. The summed E-state index contributed by atoms with van der Waals surface area (Å²) in [6, 6.07) is 13.1. The largest absolute Gasteiger partial charge is 0.481 e. The van der Waals surface area contributed by atoms with Gasteiger partial charge in [0.05, 0.1) is 6.61 Å². The normalized spacial score (nSPS) is 14.2. The lowest BCUT2D eigenvalue weighted by molar-refractivity contribution is -0.122. The van der Waals surface area contributed by atoms with E-state index in [1.807, 2.05) is 12.1 Å². The molecule has 0 spiro atoms. The highest BCUT2D eigenvalue weighted by molar-refractivity contribution is 5.94. The fraction of sp³-hybridized carbons (Fsp3) is 0.316. The highest BCUT2D eigenvalue weighted by Gasteiger charge is 2.18. The number of aliphatic hydroxyl groups excluding tert-OH is 1. The summed E-state index contributed by atoms with van der Waals surface area (Å²) in [6.45, 7) is 2.66. The van der Waals surface area contributed by atoms with Crippen LogP contribution in [0.3, 0.4) is 0 Å². The minimum absolute atomic E-state index is 0.0551. The molecule has 0 bridgehead atoms. The maximum absolute atomic E-state index is 12.4. The van der Waals surface area contributed by atoms with Gasteiger partial charge in [0, 0.05) is 25.0 Å². The van der Waals surface area contributed by atoms with E-state index in [1.165, 1.54) is 5.56 Å². The Morgan fingerprint density at radius 1 is 1.33 bits per heavy atom. The van der Waals surface area contributed by atoms with Gasteiger partial charge in [-0.25, -0.2) is 0 Å². The fourth-order valence-corrected chi connectivity index (χ4v) is 2.84. The molecule has 5 heteroatoms. The number of anilines is 2. The number of carbonyl (C=O) groups is 1. The van der Waals surface area contributed by atoms with Crippen molar-refractivity contribution in [3.05, 3.63) is 53.6 Å². The number of aliphatic hydroxyl groups is 1. The minimum Gasteiger partial charge on any atom is -0.481 e. The molecule has 1 amide bonds. The lowest BCUT2D eigenvalue weighted by Crippen LogP contribution is -2.30. The van der Waals surface area contributed by atoms with Gasteiger partial charge in [0.2, 0.25) is 0 Å². The smallest absolute Gasteiger partial charge is 0.265 e. The third kappa shape index (κ3) is 3.51. The zero-order valence-corrected chi connectivity index (χ0v) is 14.0. The molecule has 2 aromatic rings. The van der Waals surface area contributed by atoms with Crippen LogP contribution < -0.4 is 15.0 Å². The van der Waals surface area contributed by atoms with Gasteiger partial charge in [0.1, 0.15) is 5.75 Å². The maximum Gasteiger partial charge on any atom is 0.265 e. The Bertz CT molecular complexity index is 745. The molecule has 24 heavy (non-hydrogen) atoms. The van der Waals surface area contributed by atoms with Crippen LogP contribution in [0.4, 0.5) is 11.4 Å². The standard InChI is InChI=1S/C19H22N2O3/c1-13(24-17-5-3-4-14(10-17)12-22)19(23)20-16-7-6-15-8-9-21(2)18(15)11-16/h3-7,10-11,13,22H,8-9,12H2,1-2H3,(H,20,23). The zero-order valence-electron chi connectivity index (χ0n) is 14.0. The molecule has 0 aromatic heterocycles. The molecule has 1 aliphatic heterocycles. The molecular weight excluding hydrogens is 304 g/mol. The van der Waals surface area contributed by atoms with Crippen molar-refractivity contribution in [3.8, 4) is 5.75 Å². The van der Waals surface area contributed by atoms with Crippen molar-refractivity contribution >= 4 is 17.3 Å². The quantitative estimate of drug-likeness (QED) is 0.886. The highest BCUT2D eigenvalue weighted by Crippen LogP contribution is 2.29. The molecule has 0 radical (unpaired) electrons. The monoisotopic (exact) mass is 326 g/mol. The number of amides is 1. The van der Waals surface area contributed by atoms with Crippen LogP contribution in [-0.4, -0.2) is 30.7 Å². The number of fused-ring (bicyclic) bond motifs is 1. The molecule has 2 aromatic carbocycles. The van der Waals surface area contributed by atoms with E-state index in [0.29, 0.717) is 5.75 Å². The number of benzene rings is 2. The van der Waals surface area contributed by atoms with Gasteiger partial charge >= 0.3 is 0 Å². The Hall–Kier alpha value is -2.53. The van der Waals surface area contributed by atoms with Crippen LogP contribution in [0.5, 0.6) is 5.75 Å². The summed E-state index contributed by atoms with van der Waals surface area (Å²) in [5.41, 5.74) is 3.99. The van der Waals surface area contributed by atoms with E-state index in [1.54, 1.807) is 31.2 Å². The van der Waals surface area contributed by atoms with E-state index in [2.05, 4.69) is 23.3 Å². The summed E-state index contributed by atoms with van der Waals surface area (Å²) in [6.07, 6.45) is 0.408. The second-order valence-electron chi connectivity index (χ2n) is 6.07. The van der Waals surface area contributed by atoms with E-state index in [0.717, 1.165) is 29.9 Å². The molecule has 3 rings (SSSR count).